The lowest BCUT2D eigenvalue weighted by Gasteiger charge is -2.03. The predicted molar refractivity (Wildman–Crippen MR) is 54.9 cm³/mol. The van der Waals surface area contributed by atoms with Crippen molar-refractivity contribution in [2.24, 2.45) is 10.8 Å². The number of rotatable bonds is 3. The summed E-state index contributed by atoms with van der Waals surface area (Å²) >= 11 is 0. The number of benzene rings is 1. The summed E-state index contributed by atoms with van der Waals surface area (Å²) in [5, 5.41) is 18.6. The third-order valence-electron chi connectivity index (χ3n) is 1.66. The van der Waals surface area contributed by atoms with Crippen LogP contribution in [0, 0.1) is 34.2 Å². The van der Waals surface area contributed by atoms with Crippen molar-refractivity contribution in [2.75, 3.05) is 5.43 Å². The Balaban J connectivity index is 3.01. The fraction of sp³-hybridized carbons (Fsp3) is 0. The Bertz CT molecular complexity index is 532. The fourth-order valence-electron chi connectivity index (χ4n) is 0.870. The van der Waals surface area contributed by atoms with E-state index in [1.165, 1.54) is 6.07 Å². The molecule has 0 atom stereocenters. The van der Waals surface area contributed by atoms with Crippen molar-refractivity contribution in [3.8, 4) is 6.07 Å². The first-order valence-electron chi connectivity index (χ1n) is 4.18. The molecule has 5 nitrogen and oxygen atoms in total. The average molecular weight is 241 g/mol. The Morgan fingerprint density at radius 2 is 1.88 bits per heavy atom. The molecule has 0 saturated carbocycles. The van der Waals surface area contributed by atoms with Crippen molar-refractivity contribution < 1.29 is 13.2 Å². The Morgan fingerprint density at radius 3 is 2.41 bits per heavy atom. The van der Waals surface area contributed by atoms with Crippen LogP contribution in [0.1, 0.15) is 0 Å². The van der Waals surface area contributed by atoms with Gasteiger partial charge in [-0.2, -0.15) is 10.4 Å². The largest absolute Gasteiger partial charge is 0.382 e. The number of hydrogen-bond acceptors (Lipinski definition) is 4. The second-order valence-corrected chi connectivity index (χ2v) is 2.84. The van der Waals surface area contributed by atoms with Crippen LogP contribution in [0.15, 0.2) is 17.2 Å². The van der Waals surface area contributed by atoms with E-state index in [1.54, 1.807) is 0 Å². The number of nitrogens with two attached hydrogens (primary N) is 1. The number of nitrogens with zero attached hydrogens (tertiary/aromatic N) is 2. The monoisotopic (exact) mass is 241 g/mol. The normalized spacial score (nSPS) is 10.8. The molecule has 0 aliphatic rings. The van der Waals surface area contributed by atoms with Crippen molar-refractivity contribution in [3.05, 3.63) is 29.6 Å². The van der Waals surface area contributed by atoms with E-state index in [0.29, 0.717) is 12.1 Å². The molecule has 8 heteroatoms. The molecule has 0 aliphatic carbocycles. The quantitative estimate of drug-likeness (QED) is 0.322. The van der Waals surface area contributed by atoms with E-state index in [-0.39, 0.29) is 0 Å². The molecular formula is C9H6F3N5. The first-order valence-corrected chi connectivity index (χ1v) is 4.18. The van der Waals surface area contributed by atoms with Crippen molar-refractivity contribution in [3.63, 3.8) is 0 Å². The predicted octanol–water partition coefficient (Wildman–Crippen LogP) is 1.33. The number of nitrogens with one attached hydrogen (secondary N) is 2. The molecule has 1 rings (SSSR count). The molecule has 1 aromatic carbocycles. The molecule has 1 aromatic rings. The van der Waals surface area contributed by atoms with Crippen molar-refractivity contribution in [2.45, 2.75) is 0 Å². The van der Waals surface area contributed by atoms with Crippen molar-refractivity contribution >= 4 is 17.2 Å². The summed E-state index contributed by atoms with van der Waals surface area (Å²) in [4.78, 5) is 0. The second-order valence-electron chi connectivity index (χ2n) is 2.84. The summed E-state index contributed by atoms with van der Waals surface area (Å²) in [5.41, 5.74) is 5.96. The number of hydrazone groups is 1. The molecule has 0 spiro atoms. The highest BCUT2D eigenvalue weighted by Crippen LogP contribution is 2.18. The van der Waals surface area contributed by atoms with Gasteiger partial charge in [-0.1, -0.05) is 0 Å². The average Bonchev–Trinajstić information content (AvgIpc) is 2.25. The van der Waals surface area contributed by atoms with Gasteiger partial charge in [0.2, 0.25) is 5.71 Å². The summed E-state index contributed by atoms with van der Waals surface area (Å²) in [5.74, 6) is -4.34. The zero-order valence-corrected chi connectivity index (χ0v) is 8.26. The zero-order chi connectivity index (χ0) is 13.0. The smallest absolute Gasteiger partial charge is 0.201 e. The molecule has 0 aliphatic heterocycles. The number of hydrogen-bond donors (Lipinski definition) is 3. The lowest BCUT2D eigenvalue weighted by molar-refractivity contribution is 0.496. The van der Waals surface area contributed by atoms with Crippen LogP contribution in [0.25, 0.3) is 0 Å². The van der Waals surface area contributed by atoms with Gasteiger partial charge in [-0.05, 0) is 0 Å². The van der Waals surface area contributed by atoms with E-state index in [2.05, 4.69) is 5.10 Å². The number of nitriles is 1. The van der Waals surface area contributed by atoms with Gasteiger partial charge in [0, 0.05) is 12.1 Å². The maximum absolute atomic E-state index is 13.1. The summed E-state index contributed by atoms with van der Waals surface area (Å²) in [7, 11) is 0. The summed E-state index contributed by atoms with van der Waals surface area (Å²) < 4.78 is 38.4. The van der Waals surface area contributed by atoms with Crippen molar-refractivity contribution in [1.29, 1.82) is 10.7 Å². The lowest BCUT2D eigenvalue weighted by Crippen LogP contribution is -2.22. The number of anilines is 1. The Hall–Kier alpha value is -2.56. The van der Waals surface area contributed by atoms with E-state index in [4.69, 9.17) is 16.4 Å². The van der Waals surface area contributed by atoms with Gasteiger partial charge >= 0.3 is 0 Å². The number of amidine groups is 1. The van der Waals surface area contributed by atoms with E-state index >= 15 is 0 Å². The summed E-state index contributed by atoms with van der Waals surface area (Å²) in [6.07, 6.45) is 0. The minimum absolute atomic E-state index is 0.326. The highest BCUT2D eigenvalue weighted by atomic mass is 19.2. The fourth-order valence-corrected chi connectivity index (χ4v) is 0.870. The van der Waals surface area contributed by atoms with Crippen LogP contribution in [-0.2, 0) is 0 Å². The maximum atomic E-state index is 13.1. The Kier molecular flexibility index (Phi) is 3.66. The minimum Gasteiger partial charge on any atom is -0.382 e. The first kappa shape index (κ1) is 12.5. The van der Waals surface area contributed by atoms with Crippen LogP contribution >= 0.6 is 0 Å². The summed E-state index contributed by atoms with van der Waals surface area (Å²) in [6, 6.07) is 2.32. The van der Waals surface area contributed by atoms with E-state index in [9.17, 15) is 13.2 Å². The molecule has 88 valence electrons. The van der Waals surface area contributed by atoms with E-state index in [0.717, 1.165) is 0 Å². The third-order valence-corrected chi connectivity index (χ3v) is 1.66. The van der Waals surface area contributed by atoms with Crippen LogP contribution in [-0.4, -0.2) is 11.5 Å². The second kappa shape index (κ2) is 4.98. The molecule has 0 heterocycles. The first-order chi connectivity index (χ1) is 7.95. The molecule has 0 unspecified atom stereocenters. The van der Waals surface area contributed by atoms with Gasteiger partial charge in [0.15, 0.2) is 23.3 Å². The van der Waals surface area contributed by atoms with Gasteiger partial charge in [-0.3, -0.25) is 10.8 Å². The minimum atomic E-state index is -1.34. The standard InChI is InChI=1S/C9H6F3N5/c10-4-1-6(12)7(2-5(4)11)16-17-8(3-13)9(14)15/h1-2,16H,(H3,14,15)/b17-8+. The molecular weight excluding hydrogens is 235 g/mol. The van der Waals surface area contributed by atoms with Crippen LogP contribution in [0.2, 0.25) is 0 Å². The third kappa shape index (κ3) is 2.94. The Labute approximate surface area is 93.9 Å². The molecule has 0 aromatic heterocycles. The molecule has 17 heavy (non-hydrogen) atoms. The molecule has 4 N–H and O–H groups in total. The molecule has 0 saturated heterocycles. The maximum Gasteiger partial charge on any atom is 0.201 e. The summed E-state index contributed by atoms with van der Waals surface area (Å²) in [6.45, 7) is 0. The lowest BCUT2D eigenvalue weighted by atomic mass is 10.3. The van der Waals surface area contributed by atoms with Gasteiger partial charge in [-0.15, -0.1) is 0 Å². The van der Waals surface area contributed by atoms with Gasteiger partial charge < -0.3 is 5.73 Å². The van der Waals surface area contributed by atoms with Crippen LogP contribution in [0.5, 0.6) is 0 Å². The SMILES string of the molecule is N#C/C(=N\Nc1cc(F)c(F)cc1F)C(=N)N. The van der Waals surface area contributed by atoms with Crippen molar-refractivity contribution in [1.82, 2.24) is 0 Å². The molecule has 0 amide bonds. The van der Waals surface area contributed by atoms with E-state index in [1.807, 2.05) is 5.43 Å². The molecule has 0 bridgehead atoms. The van der Waals surface area contributed by atoms with Gasteiger partial charge in [0.25, 0.3) is 0 Å². The number of halogens is 3. The molecule has 0 fully saturated rings. The van der Waals surface area contributed by atoms with Crippen LogP contribution < -0.4 is 11.2 Å². The Morgan fingerprint density at radius 1 is 1.29 bits per heavy atom. The zero-order valence-electron chi connectivity index (χ0n) is 8.26. The highest BCUT2D eigenvalue weighted by molar-refractivity contribution is 6.45. The van der Waals surface area contributed by atoms with Gasteiger partial charge in [0.1, 0.15) is 6.07 Å². The van der Waals surface area contributed by atoms with Crippen LogP contribution in [0.4, 0.5) is 18.9 Å². The molecule has 0 radical (unpaired) electrons. The van der Waals surface area contributed by atoms with Gasteiger partial charge in [-0.25, -0.2) is 13.2 Å². The van der Waals surface area contributed by atoms with Gasteiger partial charge in [0.05, 0.1) is 5.69 Å². The van der Waals surface area contributed by atoms with E-state index < -0.39 is 34.7 Å². The highest BCUT2D eigenvalue weighted by Gasteiger charge is 2.09. The topological polar surface area (TPSA) is 98.0 Å². The van der Waals surface area contributed by atoms with Crippen LogP contribution in [0.3, 0.4) is 0 Å².